The molecule has 0 saturated heterocycles. The molecular weight excluding hydrogens is 440 g/mol. The van der Waals surface area contributed by atoms with Gasteiger partial charge in [-0.05, 0) is 49.2 Å². The molecule has 2 amide bonds. The number of ether oxygens (including phenoxy) is 1. The number of hydrogen-bond acceptors (Lipinski definition) is 5. The highest BCUT2D eigenvalue weighted by Crippen LogP contribution is 2.33. The number of amides is 2. The fraction of sp³-hybridized carbons (Fsp3) is 0.222. The molecule has 3 N–H and O–H groups in total. The molecule has 2 aromatic carbocycles. The van der Waals surface area contributed by atoms with Crippen LogP contribution in [0.4, 0.5) is 21.9 Å². The fourth-order valence-corrected chi connectivity index (χ4v) is 3.58. The molecule has 2 heterocycles. The van der Waals surface area contributed by atoms with Crippen LogP contribution in [0.15, 0.2) is 67.0 Å². The van der Waals surface area contributed by atoms with E-state index in [9.17, 15) is 10.1 Å². The van der Waals surface area contributed by atoms with Gasteiger partial charge in [0, 0.05) is 17.8 Å². The Balaban J connectivity index is 1.57. The second kappa shape index (κ2) is 10.6. The minimum atomic E-state index is -0.270. The highest BCUT2D eigenvalue weighted by atomic mass is 16.5. The molecule has 0 aliphatic heterocycles. The maximum absolute atomic E-state index is 12.4. The first-order valence-corrected chi connectivity index (χ1v) is 11.5. The van der Waals surface area contributed by atoms with Gasteiger partial charge in [0.25, 0.3) is 0 Å². The number of rotatable bonds is 8. The average Bonchev–Trinajstić information content (AvgIpc) is 3.19. The molecule has 0 fully saturated rings. The smallest absolute Gasteiger partial charge is 0.319 e. The number of para-hydroxylation sites is 1. The van der Waals surface area contributed by atoms with Crippen LogP contribution >= 0.6 is 0 Å². The van der Waals surface area contributed by atoms with Crippen molar-refractivity contribution in [2.24, 2.45) is 5.92 Å². The minimum Gasteiger partial charge on any atom is -0.457 e. The lowest BCUT2D eigenvalue weighted by Gasteiger charge is -2.12. The Morgan fingerprint density at radius 1 is 1.14 bits per heavy atom. The van der Waals surface area contributed by atoms with E-state index in [1.165, 1.54) is 6.20 Å². The van der Waals surface area contributed by atoms with Gasteiger partial charge in [0.05, 0.1) is 34.8 Å². The minimum absolute atomic E-state index is 0.270. The molecule has 178 valence electrons. The summed E-state index contributed by atoms with van der Waals surface area (Å²) in [5, 5.41) is 23.2. The number of anilines is 3. The summed E-state index contributed by atoms with van der Waals surface area (Å²) in [7, 11) is 0. The van der Waals surface area contributed by atoms with Gasteiger partial charge in [-0.2, -0.15) is 10.4 Å². The second-order valence-corrected chi connectivity index (χ2v) is 8.42. The fourth-order valence-electron chi connectivity index (χ4n) is 3.58. The van der Waals surface area contributed by atoms with Gasteiger partial charge < -0.3 is 20.7 Å². The number of aromatic nitrogens is 2. The van der Waals surface area contributed by atoms with Gasteiger partial charge in [0.2, 0.25) is 0 Å². The normalized spacial score (nSPS) is 11.5. The van der Waals surface area contributed by atoms with E-state index in [1.54, 1.807) is 10.7 Å². The van der Waals surface area contributed by atoms with E-state index in [0.717, 1.165) is 23.4 Å². The molecule has 1 atom stereocenters. The molecule has 0 spiro atoms. The summed E-state index contributed by atoms with van der Waals surface area (Å²) in [5.41, 5.74) is 3.95. The number of aryl methyl sites for hydroxylation is 1. The van der Waals surface area contributed by atoms with Gasteiger partial charge in [0.1, 0.15) is 17.6 Å². The molecule has 2 aromatic heterocycles. The number of nitriles is 1. The van der Waals surface area contributed by atoms with E-state index in [1.807, 2.05) is 61.5 Å². The maximum Gasteiger partial charge on any atom is 0.319 e. The molecule has 0 bridgehead atoms. The van der Waals surface area contributed by atoms with Crippen molar-refractivity contribution in [3.05, 3.63) is 78.1 Å². The Kier molecular flexibility index (Phi) is 7.17. The SMILES string of the molecule is CCC(C)CNC(=O)Nc1cn2ncc(C#N)c(Nc3ccc(Oc4ccccc4)cc3)c2c1C. The van der Waals surface area contributed by atoms with Crippen molar-refractivity contribution >= 4 is 28.6 Å². The van der Waals surface area contributed by atoms with E-state index < -0.39 is 0 Å². The molecule has 0 aliphatic rings. The van der Waals surface area contributed by atoms with Crippen LogP contribution in [0, 0.1) is 24.2 Å². The Bertz CT molecular complexity index is 1360. The Morgan fingerprint density at radius 3 is 2.54 bits per heavy atom. The van der Waals surface area contributed by atoms with Crippen molar-refractivity contribution in [2.75, 3.05) is 17.2 Å². The first kappa shape index (κ1) is 23.6. The van der Waals surface area contributed by atoms with Crippen LogP contribution in [0.2, 0.25) is 0 Å². The maximum atomic E-state index is 12.4. The number of carbonyl (C=O) groups is 1. The first-order valence-electron chi connectivity index (χ1n) is 11.5. The second-order valence-electron chi connectivity index (χ2n) is 8.42. The van der Waals surface area contributed by atoms with Crippen molar-refractivity contribution in [3.63, 3.8) is 0 Å². The van der Waals surface area contributed by atoms with E-state index in [4.69, 9.17) is 4.74 Å². The topological polar surface area (TPSA) is 103 Å². The lowest BCUT2D eigenvalue weighted by atomic mass is 10.1. The summed E-state index contributed by atoms with van der Waals surface area (Å²) in [6.07, 6.45) is 4.25. The van der Waals surface area contributed by atoms with Crippen LogP contribution in [0.25, 0.3) is 5.52 Å². The zero-order valence-electron chi connectivity index (χ0n) is 20.0. The van der Waals surface area contributed by atoms with Crippen LogP contribution in [0.5, 0.6) is 11.5 Å². The molecule has 35 heavy (non-hydrogen) atoms. The summed E-state index contributed by atoms with van der Waals surface area (Å²) in [6.45, 7) is 6.67. The number of nitrogens with one attached hydrogen (secondary N) is 3. The predicted molar refractivity (Wildman–Crippen MR) is 137 cm³/mol. The molecule has 4 aromatic rings. The summed E-state index contributed by atoms with van der Waals surface area (Å²) in [6, 6.07) is 19.0. The zero-order chi connectivity index (χ0) is 24.8. The first-order chi connectivity index (χ1) is 17.0. The number of carbonyl (C=O) groups excluding carboxylic acids is 1. The molecular formula is C27H28N6O2. The Morgan fingerprint density at radius 2 is 1.86 bits per heavy atom. The Labute approximate surface area is 204 Å². The number of nitrogens with zero attached hydrogens (tertiary/aromatic N) is 3. The van der Waals surface area contributed by atoms with Crippen LogP contribution in [-0.4, -0.2) is 22.2 Å². The van der Waals surface area contributed by atoms with Crippen LogP contribution in [0.1, 0.15) is 31.4 Å². The number of benzene rings is 2. The number of urea groups is 1. The third kappa shape index (κ3) is 5.53. The van der Waals surface area contributed by atoms with Gasteiger partial charge in [-0.3, -0.25) is 0 Å². The number of hydrogen-bond donors (Lipinski definition) is 3. The van der Waals surface area contributed by atoms with Crippen molar-refractivity contribution in [1.29, 1.82) is 5.26 Å². The van der Waals surface area contributed by atoms with Gasteiger partial charge in [-0.1, -0.05) is 38.5 Å². The monoisotopic (exact) mass is 468 g/mol. The quantitative estimate of drug-likeness (QED) is 0.285. The van der Waals surface area contributed by atoms with Gasteiger partial charge in [-0.15, -0.1) is 0 Å². The molecule has 1 unspecified atom stereocenters. The predicted octanol–water partition coefficient (Wildman–Crippen LogP) is 6.22. The average molecular weight is 469 g/mol. The molecule has 8 nitrogen and oxygen atoms in total. The molecule has 0 aliphatic carbocycles. The summed E-state index contributed by atoms with van der Waals surface area (Å²) < 4.78 is 7.52. The third-order valence-corrected chi connectivity index (χ3v) is 5.84. The summed E-state index contributed by atoms with van der Waals surface area (Å²) >= 11 is 0. The van der Waals surface area contributed by atoms with Crippen molar-refractivity contribution < 1.29 is 9.53 Å². The summed E-state index contributed by atoms with van der Waals surface area (Å²) in [4.78, 5) is 12.4. The van der Waals surface area contributed by atoms with Crippen molar-refractivity contribution in [1.82, 2.24) is 14.9 Å². The summed E-state index contributed by atoms with van der Waals surface area (Å²) in [5.74, 6) is 1.86. The molecule has 8 heteroatoms. The van der Waals surface area contributed by atoms with E-state index in [0.29, 0.717) is 40.7 Å². The highest BCUT2D eigenvalue weighted by molar-refractivity contribution is 5.94. The standard InChI is InChI=1S/C27H28N6O2/c1-4-18(2)15-29-27(34)32-24-17-33-26(19(24)3)25(20(14-28)16-30-33)31-21-10-12-23(13-11-21)35-22-8-6-5-7-9-22/h5-13,16-18,31H,4,15H2,1-3H3,(H2,29,32,34). The van der Waals surface area contributed by atoms with Crippen LogP contribution in [0.3, 0.4) is 0 Å². The van der Waals surface area contributed by atoms with Crippen molar-refractivity contribution in [2.45, 2.75) is 27.2 Å². The van der Waals surface area contributed by atoms with Gasteiger partial charge in [-0.25, -0.2) is 9.31 Å². The highest BCUT2D eigenvalue weighted by Gasteiger charge is 2.17. The van der Waals surface area contributed by atoms with E-state index in [-0.39, 0.29) is 6.03 Å². The van der Waals surface area contributed by atoms with Gasteiger partial charge in [0.15, 0.2) is 0 Å². The van der Waals surface area contributed by atoms with Crippen molar-refractivity contribution in [3.8, 4) is 17.6 Å². The van der Waals surface area contributed by atoms with E-state index >= 15 is 0 Å². The largest absolute Gasteiger partial charge is 0.457 e. The lowest BCUT2D eigenvalue weighted by molar-refractivity contribution is 0.250. The Hall–Kier alpha value is -4.51. The third-order valence-electron chi connectivity index (χ3n) is 5.84. The molecule has 0 radical (unpaired) electrons. The lowest BCUT2D eigenvalue weighted by Crippen LogP contribution is -2.32. The molecule has 0 saturated carbocycles. The molecule has 4 rings (SSSR count). The van der Waals surface area contributed by atoms with Gasteiger partial charge >= 0.3 is 6.03 Å². The van der Waals surface area contributed by atoms with E-state index in [2.05, 4.69) is 41.0 Å². The number of fused-ring (bicyclic) bond motifs is 1. The van der Waals surface area contributed by atoms with Crippen LogP contribution < -0.4 is 20.7 Å². The zero-order valence-corrected chi connectivity index (χ0v) is 20.0. The van der Waals surface area contributed by atoms with Crippen LogP contribution in [-0.2, 0) is 0 Å².